The summed E-state index contributed by atoms with van der Waals surface area (Å²) in [6, 6.07) is 6.11. The van der Waals surface area contributed by atoms with E-state index in [9.17, 15) is 9.90 Å². The van der Waals surface area contributed by atoms with Crippen LogP contribution in [0.1, 0.15) is 56.8 Å². The van der Waals surface area contributed by atoms with Crippen molar-refractivity contribution in [3.63, 3.8) is 0 Å². The summed E-state index contributed by atoms with van der Waals surface area (Å²) in [6.07, 6.45) is 2.07. The van der Waals surface area contributed by atoms with E-state index in [1.54, 1.807) is 0 Å². The SMILES string of the molecule is Cc1noc(C)c1-c1ccc2c(c1)nc(NCCCCCC(=O)[C@@H](O)C(C)C)c1nnc(C)n12. The third-order valence-electron chi connectivity index (χ3n) is 6.16. The van der Waals surface area contributed by atoms with E-state index in [-0.39, 0.29) is 11.7 Å². The summed E-state index contributed by atoms with van der Waals surface area (Å²) in [5.74, 6) is 2.12. The molecule has 180 valence electrons. The van der Waals surface area contributed by atoms with Crippen LogP contribution >= 0.6 is 0 Å². The number of unbranched alkanes of at least 4 members (excludes halogenated alkanes) is 2. The molecule has 3 aromatic heterocycles. The van der Waals surface area contributed by atoms with E-state index in [4.69, 9.17) is 9.51 Å². The normalized spacial score (nSPS) is 12.7. The Bertz CT molecular complexity index is 1300. The molecule has 0 aliphatic carbocycles. The van der Waals surface area contributed by atoms with Gasteiger partial charge in [-0.1, -0.05) is 31.5 Å². The molecule has 0 aliphatic heterocycles. The van der Waals surface area contributed by atoms with Crippen LogP contribution in [0.3, 0.4) is 0 Å². The van der Waals surface area contributed by atoms with Gasteiger partial charge in [-0.15, -0.1) is 10.2 Å². The zero-order chi connectivity index (χ0) is 24.4. The summed E-state index contributed by atoms with van der Waals surface area (Å²) in [4.78, 5) is 16.8. The monoisotopic (exact) mass is 464 g/mol. The highest BCUT2D eigenvalue weighted by Gasteiger charge is 2.18. The number of benzene rings is 1. The fourth-order valence-electron chi connectivity index (χ4n) is 4.27. The van der Waals surface area contributed by atoms with Crippen LogP contribution in [0.2, 0.25) is 0 Å². The Labute approximate surface area is 198 Å². The Morgan fingerprint density at radius 3 is 2.65 bits per heavy atom. The standard InChI is InChI=1S/C25H32N6O3/c1-14(2)23(33)21(32)9-7-6-8-12-26-24-25-29-28-17(5)31(25)20-11-10-18(13-19(20)27-24)22-15(3)30-34-16(22)4/h10-11,13-14,23,33H,6-9,12H2,1-5H3,(H,26,27)/t23-/m0/s1. The van der Waals surface area contributed by atoms with E-state index in [0.717, 1.165) is 58.7 Å². The summed E-state index contributed by atoms with van der Waals surface area (Å²) < 4.78 is 7.35. The highest BCUT2D eigenvalue weighted by Crippen LogP contribution is 2.30. The number of rotatable bonds is 10. The first kappa shape index (κ1) is 23.8. The third-order valence-corrected chi connectivity index (χ3v) is 6.16. The van der Waals surface area contributed by atoms with Crippen LogP contribution in [0.25, 0.3) is 27.8 Å². The molecule has 0 fully saturated rings. The first-order chi connectivity index (χ1) is 16.3. The molecule has 0 aliphatic rings. The van der Waals surface area contributed by atoms with E-state index >= 15 is 0 Å². The molecule has 9 nitrogen and oxygen atoms in total. The maximum atomic E-state index is 12.0. The number of nitrogens with zero attached hydrogens (tertiary/aromatic N) is 5. The number of anilines is 1. The number of carbonyl (C=O) groups excluding carboxylic acids is 1. The molecule has 9 heteroatoms. The Balaban J connectivity index is 1.50. The predicted molar refractivity (Wildman–Crippen MR) is 131 cm³/mol. The lowest BCUT2D eigenvalue weighted by molar-refractivity contribution is -0.129. The zero-order valence-electron chi connectivity index (χ0n) is 20.4. The number of nitrogens with one attached hydrogen (secondary N) is 1. The minimum absolute atomic E-state index is 0.0414. The van der Waals surface area contributed by atoms with Crippen molar-refractivity contribution in [3.8, 4) is 11.1 Å². The quantitative estimate of drug-likeness (QED) is 0.331. The Hall–Kier alpha value is -3.33. The zero-order valence-corrected chi connectivity index (χ0v) is 20.4. The average Bonchev–Trinajstić information content (AvgIpc) is 3.36. The first-order valence-electron chi connectivity index (χ1n) is 11.8. The number of aliphatic hydroxyl groups is 1. The van der Waals surface area contributed by atoms with Crippen molar-refractivity contribution < 1.29 is 14.4 Å². The van der Waals surface area contributed by atoms with Crippen molar-refractivity contribution in [3.05, 3.63) is 35.5 Å². The van der Waals surface area contributed by atoms with Gasteiger partial charge in [-0.3, -0.25) is 9.20 Å². The minimum Gasteiger partial charge on any atom is -0.385 e. The fraction of sp³-hybridized carbons (Fsp3) is 0.480. The van der Waals surface area contributed by atoms with Crippen molar-refractivity contribution in [2.45, 2.75) is 66.4 Å². The molecule has 0 saturated heterocycles. The summed E-state index contributed by atoms with van der Waals surface area (Å²) in [5, 5.41) is 25.9. The maximum absolute atomic E-state index is 12.0. The summed E-state index contributed by atoms with van der Waals surface area (Å²) in [6.45, 7) is 10.2. The molecule has 0 unspecified atom stereocenters. The fourth-order valence-corrected chi connectivity index (χ4v) is 4.27. The summed E-state index contributed by atoms with van der Waals surface area (Å²) in [7, 11) is 0. The van der Waals surface area contributed by atoms with E-state index in [1.807, 2.05) is 57.2 Å². The van der Waals surface area contributed by atoms with Gasteiger partial charge in [-0.05, 0) is 57.2 Å². The Morgan fingerprint density at radius 1 is 1.15 bits per heavy atom. The van der Waals surface area contributed by atoms with E-state index in [1.165, 1.54) is 0 Å². The Morgan fingerprint density at radius 2 is 1.94 bits per heavy atom. The molecule has 1 atom stereocenters. The highest BCUT2D eigenvalue weighted by molar-refractivity contribution is 5.87. The molecule has 0 bridgehead atoms. The van der Waals surface area contributed by atoms with Crippen molar-refractivity contribution in [1.82, 2.24) is 24.7 Å². The van der Waals surface area contributed by atoms with Gasteiger partial charge in [-0.2, -0.15) is 0 Å². The molecule has 0 saturated carbocycles. The van der Waals surface area contributed by atoms with Gasteiger partial charge < -0.3 is 14.9 Å². The van der Waals surface area contributed by atoms with Gasteiger partial charge >= 0.3 is 0 Å². The van der Waals surface area contributed by atoms with Crippen molar-refractivity contribution >= 4 is 28.3 Å². The van der Waals surface area contributed by atoms with Gasteiger partial charge in [0.25, 0.3) is 0 Å². The predicted octanol–water partition coefficient (Wildman–Crippen LogP) is 4.42. The second-order valence-corrected chi connectivity index (χ2v) is 9.16. The largest absolute Gasteiger partial charge is 0.385 e. The van der Waals surface area contributed by atoms with Gasteiger partial charge in [0.05, 0.1) is 16.7 Å². The van der Waals surface area contributed by atoms with Crippen LogP contribution in [0, 0.1) is 26.7 Å². The smallest absolute Gasteiger partial charge is 0.204 e. The molecule has 4 aromatic rings. The number of aliphatic hydroxyl groups excluding tert-OH is 1. The van der Waals surface area contributed by atoms with Crippen molar-refractivity contribution in [2.24, 2.45) is 5.92 Å². The molecule has 0 spiro atoms. The molecule has 1 aromatic carbocycles. The molecule has 0 radical (unpaired) electrons. The Kier molecular flexibility index (Phi) is 6.92. The molecule has 4 rings (SSSR count). The van der Waals surface area contributed by atoms with Gasteiger partial charge in [-0.25, -0.2) is 4.98 Å². The molecule has 3 heterocycles. The number of ketones is 1. The molecule has 2 N–H and O–H groups in total. The second kappa shape index (κ2) is 9.89. The highest BCUT2D eigenvalue weighted by atomic mass is 16.5. The van der Waals surface area contributed by atoms with Crippen LogP contribution < -0.4 is 5.32 Å². The average molecular weight is 465 g/mol. The molecular weight excluding hydrogens is 432 g/mol. The second-order valence-electron chi connectivity index (χ2n) is 9.16. The number of Topliss-reactive ketones (excluding diaryl/α,β-unsaturated/α-hetero) is 1. The van der Waals surface area contributed by atoms with E-state index < -0.39 is 6.10 Å². The molecular formula is C25H32N6O3. The number of carbonyl (C=O) groups is 1. The number of hydrogen-bond donors (Lipinski definition) is 2. The van der Waals surface area contributed by atoms with Crippen molar-refractivity contribution in [1.29, 1.82) is 0 Å². The third kappa shape index (κ3) is 4.65. The van der Waals surface area contributed by atoms with Crippen LogP contribution in [0.5, 0.6) is 0 Å². The molecule has 0 amide bonds. The lowest BCUT2D eigenvalue weighted by Crippen LogP contribution is -2.25. The van der Waals surface area contributed by atoms with Crippen molar-refractivity contribution in [2.75, 3.05) is 11.9 Å². The number of hydrogen-bond acceptors (Lipinski definition) is 8. The van der Waals surface area contributed by atoms with Crippen LogP contribution in [0.15, 0.2) is 22.7 Å². The van der Waals surface area contributed by atoms with Gasteiger partial charge in [0, 0.05) is 18.5 Å². The minimum atomic E-state index is -0.861. The number of fused-ring (bicyclic) bond motifs is 3. The number of aryl methyl sites for hydroxylation is 3. The van der Waals surface area contributed by atoms with E-state index in [2.05, 4.69) is 20.7 Å². The lowest BCUT2D eigenvalue weighted by Gasteiger charge is -2.13. The lowest BCUT2D eigenvalue weighted by atomic mass is 9.99. The van der Waals surface area contributed by atoms with Crippen LogP contribution in [-0.4, -0.2) is 48.3 Å². The van der Waals surface area contributed by atoms with Crippen LogP contribution in [0.4, 0.5) is 5.82 Å². The van der Waals surface area contributed by atoms with Gasteiger partial charge in [0.1, 0.15) is 17.7 Å². The maximum Gasteiger partial charge on any atom is 0.204 e. The molecule has 34 heavy (non-hydrogen) atoms. The number of aromatic nitrogens is 5. The van der Waals surface area contributed by atoms with Gasteiger partial charge in [0.2, 0.25) is 5.65 Å². The topological polar surface area (TPSA) is 118 Å². The first-order valence-corrected chi connectivity index (χ1v) is 11.8. The van der Waals surface area contributed by atoms with Gasteiger partial charge in [0.15, 0.2) is 11.6 Å². The van der Waals surface area contributed by atoms with E-state index in [0.29, 0.717) is 24.4 Å². The summed E-state index contributed by atoms with van der Waals surface area (Å²) in [5.41, 5.74) is 5.27. The summed E-state index contributed by atoms with van der Waals surface area (Å²) >= 11 is 0. The van der Waals surface area contributed by atoms with Crippen LogP contribution in [-0.2, 0) is 4.79 Å².